The van der Waals surface area contributed by atoms with Gasteiger partial charge in [0.1, 0.15) is 6.04 Å². The quantitative estimate of drug-likeness (QED) is 0.762. The number of halogens is 1. The van der Waals surface area contributed by atoms with Crippen LogP contribution in [0.4, 0.5) is 0 Å². The molecule has 2 rings (SSSR count). The number of nitrogens with one attached hydrogen (secondary N) is 1. The third-order valence-corrected chi connectivity index (χ3v) is 3.80. The molecule has 1 aromatic carbocycles. The highest BCUT2D eigenvalue weighted by atomic mass is 35.5. The highest BCUT2D eigenvalue weighted by molar-refractivity contribution is 6.33. The van der Waals surface area contributed by atoms with Gasteiger partial charge in [-0.1, -0.05) is 37.1 Å². The van der Waals surface area contributed by atoms with E-state index in [1.165, 1.54) is 0 Å². The minimum atomic E-state index is -1.03. The Labute approximate surface area is 144 Å². The van der Waals surface area contributed by atoms with Crippen molar-refractivity contribution in [3.8, 4) is 11.3 Å². The fourth-order valence-electron chi connectivity index (χ4n) is 2.24. The zero-order valence-corrected chi connectivity index (χ0v) is 14.0. The smallest absolute Gasteiger partial charge is 0.326 e. The lowest BCUT2D eigenvalue weighted by atomic mass is 10.1. The lowest BCUT2D eigenvalue weighted by Crippen LogP contribution is -2.40. The molecule has 24 heavy (non-hydrogen) atoms. The normalized spacial score (nSPS) is 11.9. The molecular weight excluding hydrogens is 332 g/mol. The summed E-state index contributed by atoms with van der Waals surface area (Å²) in [5.41, 5.74) is 0.733. The summed E-state index contributed by atoms with van der Waals surface area (Å²) in [6.07, 6.45) is 3.03. The van der Waals surface area contributed by atoms with Gasteiger partial charge in [-0.15, -0.1) is 0 Å². The Balaban J connectivity index is 1.92. The van der Waals surface area contributed by atoms with Gasteiger partial charge in [0.05, 0.1) is 11.2 Å². The number of oxazole rings is 1. The van der Waals surface area contributed by atoms with E-state index in [9.17, 15) is 9.59 Å². The van der Waals surface area contributed by atoms with Crippen LogP contribution >= 0.6 is 11.6 Å². The number of aryl methyl sites for hydroxylation is 1. The summed E-state index contributed by atoms with van der Waals surface area (Å²) < 4.78 is 5.61. The molecular formula is C17H19ClN2O4. The molecule has 1 heterocycles. The van der Waals surface area contributed by atoms with Crippen LogP contribution in [0.25, 0.3) is 11.3 Å². The zero-order chi connectivity index (χ0) is 17.5. The van der Waals surface area contributed by atoms with Gasteiger partial charge < -0.3 is 14.8 Å². The maximum Gasteiger partial charge on any atom is 0.326 e. The Morgan fingerprint density at radius 1 is 1.38 bits per heavy atom. The zero-order valence-electron chi connectivity index (χ0n) is 13.3. The summed E-state index contributed by atoms with van der Waals surface area (Å²) in [6, 6.07) is 6.39. The molecule has 0 bridgehead atoms. The number of nitrogens with zero attached hydrogens (tertiary/aromatic N) is 1. The van der Waals surface area contributed by atoms with Gasteiger partial charge >= 0.3 is 5.97 Å². The van der Waals surface area contributed by atoms with Crippen molar-refractivity contribution < 1.29 is 19.1 Å². The molecule has 0 aliphatic carbocycles. The van der Waals surface area contributed by atoms with Crippen LogP contribution in [0.1, 0.15) is 32.1 Å². The molecule has 2 aromatic rings. The first kappa shape index (κ1) is 18.0. The van der Waals surface area contributed by atoms with Gasteiger partial charge in [0.15, 0.2) is 11.7 Å². The molecule has 6 nitrogen and oxygen atoms in total. The minimum absolute atomic E-state index is 0.107. The van der Waals surface area contributed by atoms with Crippen LogP contribution in [-0.4, -0.2) is 28.0 Å². The van der Waals surface area contributed by atoms with Gasteiger partial charge in [0, 0.05) is 18.4 Å². The summed E-state index contributed by atoms with van der Waals surface area (Å²) >= 11 is 6.10. The first-order valence-electron chi connectivity index (χ1n) is 7.73. The molecule has 1 aromatic heterocycles. The highest BCUT2D eigenvalue weighted by Crippen LogP contribution is 2.28. The molecule has 0 aliphatic rings. The molecule has 128 valence electrons. The molecule has 7 heteroatoms. The molecule has 2 N–H and O–H groups in total. The highest BCUT2D eigenvalue weighted by Gasteiger charge is 2.19. The van der Waals surface area contributed by atoms with Gasteiger partial charge in [-0.2, -0.15) is 0 Å². The average molecular weight is 351 g/mol. The second-order valence-electron chi connectivity index (χ2n) is 5.35. The second-order valence-corrected chi connectivity index (χ2v) is 5.75. The molecule has 0 aliphatic heterocycles. The van der Waals surface area contributed by atoms with E-state index in [4.69, 9.17) is 21.1 Å². The Bertz CT molecular complexity index is 714. The lowest BCUT2D eigenvalue weighted by molar-refractivity contribution is -0.142. The number of carboxylic acids is 1. The van der Waals surface area contributed by atoms with Crippen molar-refractivity contribution in [3.63, 3.8) is 0 Å². The fraction of sp³-hybridized carbons (Fsp3) is 0.353. The number of hydrogen-bond acceptors (Lipinski definition) is 4. The Kier molecular flexibility index (Phi) is 6.37. The number of aromatic nitrogens is 1. The Hall–Kier alpha value is -2.34. The summed E-state index contributed by atoms with van der Waals surface area (Å²) in [5.74, 6) is -0.427. The molecule has 0 saturated heterocycles. The van der Waals surface area contributed by atoms with Gasteiger partial charge in [0.2, 0.25) is 5.91 Å². The maximum absolute atomic E-state index is 11.9. The van der Waals surface area contributed by atoms with Crippen molar-refractivity contribution in [2.45, 2.75) is 38.6 Å². The van der Waals surface area contributed by atoms with E-state index in [1.807, 2.05) is 25.1 Å². The summed E-state index contributed by atoms with van der Waals surface area (Å²) in [4.78, 5) is 27.0. The van der Waals surface area contributed by atoms with E-state index in [0.29, 0.717) is 29.5 Å². The van der Waals surface area contributed by atoms with Crippen molar-refractivity contribution in [1.29, 1.82) is 0 Å². The average Bonchev–Trinajstić information content (AvgIpc) is 3.01. The van der Waals surface area contributed by atoms with Crippen LogP contribution in [0.15, 0.2) is 34.9 Å². The monoisotopic (exact) mass is 350 g/mol. The van der Waals surface area contributed by atoms with Gasteiger partial charge in [-0.05, 0) is 18.6 Å². The minimum Gasteiger partial charge on any atom is -0.480 e. The van der Waals surface area contributed by atoms with Crippen LogP contribution in [0.2, 0.25) is 5.02 Å². The summed E-state index contributed by atoms with van der Waals surface area (Å²) in [7, 11) is 0. The van der Waals surface area contributed by atoms with Crippen LogP contribution in [0.3, 0.4) is 0 Å². The maximum atomic E-state index is 11.9. The van der Waals surface area contributed by atoms with Crippen LogP contribution in [-0.2, 0) is 16.0 Å². The Morgan fingerprint density at radius 2 is 2.12 bits per heavy atom. The van der Waals surface area contributed by atoms with Gasteiger partial charge in [-0.25, -0.2) is 9.78 Å². The van der Waals surface area contributed by atoms with Crippen LogP contribution in [0, 0.1) is 0 Å². The van der Waals surface area contributed by atoms with Crippen molar-refractivity contribution in [2.75, 3.05) is 0 Å². The summed E-state index contributed by atoms with van der Waals surface area (Å²) in [5, 5.41) is 12.1. The number of benzene rings is 1. The predicted octanol–water partition coefficient (Wildman–Crippen LogP) is 3.30. The van der Waals surface area contributed by atoms with E-state index in [-0.39, 0.29) is 18.7 Å². The predicted molar refractivity (Wildman–Crippen MR) is 89.7 cm³/mol. The van der Waals surface area contributed by atoms with Crippen molar-refractivity contribution in [3.05, 3.63) is 41.4 Å². The molecule has 0 fully saturated rings. The molecule has 1 unspecified atom stereocenters. The van der Waals surface area contributed by atoms with E-state index in [0.717, 1.165) is 5.56 Å². The van der Waals surface area contributed by atoms with Crippen molar-refractivity contribution >= 4 is 23.5 Å². The first-order chi connectivity index (χ1) is 11.5. The lowest BCUT2D eigenvalue weighted by Gasteiger charge is -2.12. The molecule has 0 radical (unpaired) electrons. The molecule has 0 saturated carbocycles. The standard InChI is InChI=1S/C17H19ClN2O4/c1-2-5-13(17(22)23)20-15(21)8-9-16-19-10-14(24-16)11-6-3-4-7-12(11)18/h3-4,6-7,10,13H,2,5,8-9H2,1H3,(H,20,21)(H,22,23). The van der Waals surface area contributed by atoms with Crippen molar-refractivity contribution in [2.24, 2.45) is 0 Å². The number of carbonyl (C=O) groups excluding carboxylic acids is 1. The van der Waals surface area contributed by atoms with Gasteiger partial charge in [0.25, 0.3) is 0 Å². The molecule has 1 atom stereocenters. The Morgan fingerprint density at radius 3 is 2.79 bits per heavy atom. The van der Waals surface area contributed by atoms with Gasteiger partial charge in [-0.3, -0.25) is 4.79 Å². The third-order valence-electron chi connectivity index (χ3n) is 3.47. The number of rotatable bonds is 8. The van der Waals surface area contributed by atoms with Crippen LogP contribution in [0.5, 0.6) is 0 Å². The molecule has 0 spiro atoms. The topological polar surface area (TPSA) is 92.4 Å². The number of carboxylic acid groups (broad SMARTS) is 1. The summed E-state index contributed by atoms with van der Waals surface area (Å²) in [6.45, 7) is 1.87. The molecule has 1 amide bonds. The first-order valence-corrected chi connectivity index (χ1v) is 8.10. The van der Waals surface area contributed by atoms with Crippen molar-refractivity contribution in [1.82, 2.24) is 10.3 Å². The van der Waals surface area contributed by atoms with E-state index in [1.54, 1.807) is 12.3 Å². The van der Waals surface area contributed by atoms with Crippen LogP contribution < -0.4 is 5.32 Å². The fourth-order valence-corrected chi connectivity index (χ4v) is 2.47. The number of aliphatic carboxylic acids is 1. The van der Waals surface area contributed by atoms with E-state index >= 15 is 0 Å². The number of carbonyl (C=O) groups is 2. The van der Waals surface area contributed by atoms with E-state index in [2.05, 4.69) is 10.3 Å². The SMILES string of the molecule is CCCC(NC(=O)CCc1ncc(-c2ccccc2Cl)o1)C(=O)O. The second kappa shape index (κ2) is 8.49. The largest absolute Gasteiger partial charge is 0.480 e. The third kappa shape index (κ3) is 4.83. The number of amides is 1. The van der Waals surface area contributed by atoms with E-state index < -0.39 is 12.0 Å². The number of hydrogen-bond donors (Lipinski definition) is 2.